The zero-order valence-corrected chi connectivity index (χ0v) is 24.5. The van der Waals surface area contributed by atoms with Gasteiger partial charge in [0.1, 0.15) is 0 Å². The van der Waals surface area contributed by atoms with Crippen molar-refractivity contribution in [3.8, 4) is 5.75 Å². The minimum atomic E-state index is -3.60. The van der Waals surface area contributed by atoms with E-state index < -0.39 is 15.9 Å². The number of nitrogens with one attached hydrogen (secondary N) is 3. The number of allylic oxidation sites excluding steroid dienone is 1. The van der Waals surface area contributed by atoms with Gasteiger partial charge in [0.2, 0.25) is 15.2 Å². The summed E-state index contributed by atoms with van der Waals surface area (Å²) in [7, 11) is -2.20. The summed E-state index contributed by atoms with van der Waals surface area (Å²) in [6.07, 6.45) is 5.72. The molecule has 12 heteroatoms. The van der Waals surface area contributed by atoms with Crippen LogP contribution < -0.4 is 36.4 Å². The molecule has 0 aromatic heterocycles. The quantitative estimate of drug-likeness (QED) is 0.239. The first-order valence-electron chi connectivity index (χ1n) is 12.2. The molecule has 10 nitrogen and oxygen atoms in total. The molecule has 0 bridgehead atoms. The fraction of sp³-hybridized carbons (Fsp3) is 0.333. The van der Waals surface area contributed by atoms with Crippen LogP contribution in [0.15, 0.2) is 54.0 Å². The number of methoxy groups -OCH3 is 1. The number of ether oxygens (including phenoxy) is 1. The molecule has 1 heterocycles. The second-order valence-corrected chi connectivity index (χ2v) is 12.6. The maximum absolute atomic E-state index is 13.4. The number of hydrogen-bond acceptors (Lipinski definition) is 7. The first kappa shape index (κ1) is 30.0. The summed E-state index contributed by atoms with van der Waals surface area (Å²) < 4.78 is 32.0. The fourth-order valence-corrected chi connectivity index (χ4v) is 4.66. The summed E-state index contributed by atoms with van der Waals surface area (Å²) in [5.41, 5.74) is 10.3. The van der Waals surface area contributed by atoms with E-state index in [1.165, 1.54) is 12.1 Å². The predicted molar refractivity (Wildman–Crippen MR) is 157 cm³/mol. The highest BCUT2D eigenvalue weighted by molar-refractivity contribution is 7.92. The van der Waals surface area contributed by atoms with Gasteiger partial charge in [0.15, 0.2) is 11.9 Å². The predicted octanol–water partition coefficient (Wildman–Crippen LogP) is 2.80. The van der Waals surface area contributed by atoms with E-state index in [1.54, 1.807) is 42.7 Å². The Bertz CT molecular complexity index is 1480. The molecule has 210 valence electrons. The van der Waals surface area contributed by atoms with Crippen LogP contribution in [0.5, 0.6) is 5.75 Å². The molecule has 0 aliphatic carbocycles. The summed E-state index contributed by atoms with van der Waals surface area (Å²) in [6, 6.07) is 8.59. The van der Waals surface area contributed by atoms with Crippen molar-refractivity contribution < 1.29 is 22.9 Å². The van der Waals surface area contributed by atoms with Gasteiger partial charge >= 0.3 is 0 Å². The minimum Gasteiger partial charge on any atom is -0.492 e. The van der Waals surface area contributed by atoms with Crippen molar-refractivity contribution in [1.29, 1.82) is 0 Å². The monoisotopic (exact) mass is 575 g/mol. The molecular weight excluding hydrogens is 540 g/mol. The van der Waals surface area contributed by atoms with Gasteiger partial charge in [-0.2, -0.15) is 0 Å². The van der Waals surface area contributed by atoms with Gasteiger partial charge in [-0.05, 0) is 65.8 Å². The summed E-state index contributed by atoms with van der Waals surface area (Å²) in [5.74, 6) is 6.09. The summed E-state index contributed by atoms with van der Waals surface area (Å²) >= 11 is 5.99. The molecule has 1 aliphatic heterocycles. The zero-order chi connectivity index (χ0) is 29.1. The molecule has 0 saturated heterocycles. The number of hydrogen-bond donors (Lipinski definition) is 5. The summed E-state index contributed by atoms with van der Waals surface area (Å²) in [6.45, 7) is 7.82. The van der Waals surface area contributed by atoms with Crippen LogP contribution in [0, 0.1) is 6.92 Å². The Hall–Kier alpha value is -3.54. The van der Waals surface area contributed by atoms with E-state index in [4.69, 9.17) is 27.9 Å². The molecule has 2 aromatic rings. The highest BCUT2D eigenvalue weighted by atomic mass is 35.5. The van der Waals surface area contributed by atoms with E-state index >= 15 is 0 Å². The SMILES string of the molecule is COc1c(NC(=O)c2ccc(C)c(N(N)C=C(N)C3=C[NH+]=C(Cl)CC3)c2)cc(C(C)(C)C)cc1NS(C)(=O)=O. The number of sulfonamides is 1. The number of carbonyl (C=O) groups excluding carboxylic acids is 1. The topological polar surface area (TPSA) is 154 Å². The molecule has 0 radical (unpaired) electrons. The van der Waals surface area contributed by atoms with Crippen molar-refractivity contribution in [1.82, 2.24) is 0 Å². The number of benzene rings is 2. The van der Waals surface area contributed by atoms with Crippen molar-refractivity contribution >= 4 is 49.8 Å². The molecular formula is C27H36ClN6O4S+. The Morgan fingerprint density at radius 1 is 1.18 bits per heavy atom. The largest absolute Gasteiger partial charge is 0.492 e. The number of aryl methyl sites for hydroxylation is 1. The molecule has 1 amide bonds. The summed E-state index contributed by atoms with van der Waals surface area (Å²) in [5, 5.41) is 4.89. The van der Waals surface area contributed by atoms with E-state index in [0.717, 1.165) is 23.0 Å². The van der Waals surface area contributed by atoms with E-state index in [-0.39, 0.29) is 16.9 Å². The van der Waals surface area contributed by atoms with Crippen molar-refractivity contribution in [3.63, 3.8) is 0 Å². The first-order chi connectivity index (χ1) is 18.1. The van der Waals surface area contributed by atoms with Crippen LogP contribution in [0.4, 0.5) is 17.1 Å². The van der Waals surface area contributed by atoms with Crippen LogP contribution in [0.2, 0.25) is 0 Å². The molecule has 3 rings (SSSR count). The van der Waals surface area contributed by atoms with Crippen LogP contribution in [0.3, 0.4) is 0 Å². The molecule has 0 spiro atoms. The van der Waals surface area contributed by atoms with Gasteiger partial charge in [0.05, 0.1) is 36.1 Å². The second-order valence-electron chi connectivity index (χ2n) is 10.4. The maximum Gasteiger partial charge on any atom is 0.255 e. The molecule has 39 heavy (non-hydrogen) atoms. The van der Waals surface area contributed by atoms with Gasteiger partial charge in [-0.15, -0.1) is 0 Å². The lowest BCUT2D eigenvalue weighted by atomic mass is 9.86. The van der Waals surface area contributed by atoms with Crippen LogP contribution >= 0.6 is 11.6 Å². The fourth-order valence-electron chi connectivity index (χ4n) is 3.96. The van der Waals surface area contributed by atoms with E-state index in [2.05, 4.69) is 15.0 Å². The van der Waals surface area contributed by atoms with Gasteiger partial charge in [0, 0.05) is 23.8 Å². The number of carbonyl (C=O) groups is 1. The third kappa shape index (κ3) is 7.75. The van der Waals surface area contributed by atoms with Crippen molar-refractivity contribution in [2.24, 2.45) is 11.6 Å². The van der Waals surface area contributed by atoms with Gasteiger partial charge < -0.3 is 15.8 Å². The van der Waals surface area contributed by atoms with E-state index in [1.807, 2.05) is 27.7 Å². The Kier molecular flexibility index (Phi) is 8.99. The molecule has 0 unspecified atom stereocenters. The highest BCUT2D eigenvalue weighted by Crippen LogP contribution is 2.39. The smallest absolute Gasteiger partial charge is 0.255 e. The van der Waals surface area contributed by atoms with Gasteiger partial charge in [0.25, 0.3) is 5.91 Å². The molecule has 1 aliphatic rings. The van der Waals surface area contributed by atoms with E-state index in [9.17, 15) is 13.2 Å². The number of nitrogens with zero attached hydrogens (tertiary/aromatic N) is 1. The van der Waals surface area contributed by atoms with Gasteiger partial charge in [-0.3, -0.25) is 14.5 Å². The van der Waals surface area contributed by atoms with Crippen LogP contribution in [0.25, 0.3) is 0 Å². The second kappa shape index (κ2) is 11.7. The van der Waals surface area contributed by atoms with Gasteiger partial charge in [-0.25, -0.2) is 19.3 Å². The maximum atomic E-state index is 13.4. The third-order valence-corrected chi connectivity index (χ3v) is 7.01. The number of amides is 1. The lowest BCUT2D eigenvalue weighted by Crippen LogP contribution is -2.66. The minimum absolute atomic E-state index is 0.192. The average Bonchev–Trinajstić information content (AvgIpc) is 2.82. The number of hydrazine groups is 1. The Labute approximate surface area is 234 Å². The standard InChI is InChI=1S/C27H35ClN6O4S/c1-16-7-8-17(11-23(16)34(30)15-20(29)18-9-10-24(28)31-14-18)26(35)32-21-12-19(27(2,3)4)13-22(25(21)38-5)33-39(6,36)37/h7-8,11-15,33H,9-10,29-30H2,1-6H3,(H,32,35)/p+1. The lowest BCUT2D eigenvalue weighted by molar-refractivity contribution is -0.374. The first-order valence-corrected chi connectivity index (χ1v) is 14.5. The number of nitrogens with two attached hydrogens (primary N) is 2. The number of anilines is 3. The summed E-state index contributed by atoms with van der Waals surface area (Å²) in [4.78, 5) is 16.4. The van der Waals surface area contributed by atoms with Crippen molar-refractivity contribution in [2.45, 2.75) is 46.0 Å². The number of halogens is 1. The van der Waals surface area contributed by atoms with Gasteiger partial charge in [-0.1, -0.05) is 26.8 Å². The Balaban J connectivity index is 1.96. The van der Waals surface area contributed by atoms with Crippen LogP contribution in [-0.2, 0) is 15.4 Å². The molecule has 0 saturated carbocycles. The molecule has 0 fully saturated rings. The Morgan fingerprint density at radius 3 is 2.41 bits per heavy atom. The average molecular weight is 576 g/mol. The van der Waals surface area contributed by atoms with E-state index in [0.29, 0.717) is 40.6 Å². The van der Waals surface area contributed by atoms with Crippen LogP contribution in [-0.4, -0.2) is 32.9 Å². The molecule has 0 atom stereocenters. The highest BCUT2D eigenvalue weighted by Gasteiger charge is 2.23. The van der Waals surface area contributed by atoms with Crippen molar-refractivity contribution in [3.05, 3.63) is 70.7 Å². The normalized spacial score (nSPS) is 14.3. The van der Waals surface area contributed by atoms with Crippen molar-refractivity contribution in [2.75, 3.05) is 28.4 Å². The molecule has 7 N–H and O–H groups in total. The zero-order valence-electron chi connectivity index (χ0n) is 23.0. The lowest BCUT2D eigenvalue weighted by Gasteiger charge is -2.24. The third-order valence-electron chi connectivity index (χ3n) is 6.12. The number of rotatable bonds is 8. The molecule has 2 aromatic carbocycles. The van der Waals surface area contributed by atoms with Crippen LogP contribution in [0.1, 0.15) is 55.1 Å². The Morgan fingerprint density at radius 2 is 1.85 bits per heavy atom.